The number of carbonyl (C=O) groups is 3. The Labute approximate surface area is 137 Å². The summed E-state index contributed by atoms with van der Waals surface area (Å²) in [5.74, 6) is -0.371. The zero-order valence-corrected chi connectivity index (χ0v) is 13.1. The first-order chi connectivity index (χ1) is 11.1. The van der Waals surface area contributed by atoms with Crippen LogP contribution in [0.25, 0.3) is 6.08 Å². The third-order valence-electron chi connectivity index (χ3n) is 3.54. The lowest BCUT2D eigenvalue weighted by atomic mass is 10.2. The zero-order chi connectivity index (χ0) is 16.2. The largest absolute Gasteiger partial charge is 0.465 e. The highest BCUT2D eigenvalue weighted by Crippen LogP contribution is 2.31. The molecule has 3 rings (SSSR count). The minimum Gasteiger partial charge on any atom is -0.465 e. The summed E-state index contributed by atoms with van der Waals surface area (Å²) < 4.78 is 10.5. The van der Waals surface area contributed by atoms with E-state index < -0.39 is 11.1 Å². The van der Waals surface area contributed by atoms with Crippen molar-refractivity contribution >= 4 is 34.9 Å². The van der Waals surface area contributed by atoms with Crippen LogP contribution in [0.2, 0.25) is 0 Å². The number of imide groups is 1. The van der Waals surface area contributed by atoms with E-state index in [1.165, 1.54) is 12.3 Å². The number of hydrogen-bond donors (Lipinski definition) is 1. The van der Waals surface area contributed by atoms with Gasteiger partial charge in [-0.1, -0.05) is 0 Å². The maximum atomic E-state index is 12.2. The molecule has 8 heteroatoms. The van der Waals surface area contributed by atoms with Gasteiger partial charge in [0.2, 0.25) is 5.91 Å². The minimum absolute atomic E-state index is 0.0210. The van der Waals surface area contributed by atoms with Gasteiger partial charge in [0.25, 0.3) is 11.1 Å². The second kappa shape index (κ2) is 7.01. The van der Waals surface area contributed by atoms with Gasteiger partial charge in [0.05, 0.1) is 17.3 Å². The summed E-state index contributed by atoms with van der Waals surface area (Å²) in [6.45, 7) is 0.825. The van der Waals surface area contributed by atoms with Crippen LogP contribution < -0.4 is 5.32 Å². The number of nitrogens with one attached hydrogen (secondary N) is 1. The molecule has 122 valence electrons. The summed E-state index contributed by atoms with van der Waals surface area (Å²) in [6.07, 6.45) is 4.89. The van der Waals surface area contributed by atoms with Crippen molar-refractivity contribution in [2.24, 2.45) is 0 Å². The molecule has 23 heavy (non-hydrogen) atoms. The average molecular weight is 336 g/mol. The van der Waals surface area contributed by atoms with Gasteiger partial charge < -0.3 is 14.5 Å². The van der Waals surface area contributed by atoms with Crippen molar-refractivity contribution in [3.05, 3.63) is 29.1 Å². The Morgan fingerprint density at radius 2 is 2.35 bits per heavy atom. The van der Waals surface area contributed by atoms with E-state index in [4.69, 9.17) is 9.15 Å². The summed E-state index contributed by atoms with van der Waals surface area (Å²) in [5.41, 5.74) is 0. The van der Waals surface area contributed by atoms with Gasteiger partial charge in [-0.3, -0.25) is 19.3 Å². The highest BCUT2D eigenvalue weighted by molar-refractivity contribution is 8.18. The predicted molar refractivity (Wildman–Crippen MR) is 83.4 cm³/mol. The van der Waals surface area contributed by atoms with Crippen molar-refractivity contribution in [1.29, 1.82) is 0 Å². The van der Waals surface area contributed by atoms with E-state index in [9.17, 15) is 14.4 Å². The molecule has 0 aromatic carbocycles. The summed E-state index contributed by atoms with van der Waals surface area (Å²) in [6, 6.07) is 3.37. The lowest BCUT2D eigenvalue weighted by Gasteiger charge is -2.14. The molecule has 1 N–H and O–H groups in total. The van der Waals surface area contributed by atoms with E-state index in [2.05, 4.69) is 5.32 Å². The van der Waals surface area contributed by atoms with Crippen molar-refractivity contribution in [3.63, 3.8) is 0 Å². The number of amides is 3. The number of hydrogen-bond acceptors (Lipinski definition) is 6. The number of ether oxygens (including phenoxy) is 1. The van der Waals surface area contributed by atoms with Crippen molar-refractivity contribution in [3.8, 4) is 0 Å². The molecular formula is C15H16N2O5S. The Bertz CT molecular complexity index is 634. The quantitative estimate of drug-likeness (QED) is 0.822. The van der Waals surface area contributed by atoms with E-state index in [0.717, 1.165) is 29.5 Å². The van der Waals surface area contributed by atoms with Gasteiger partial charge in [-0.2, -0.15) is 0 Å². The van der Waals surface area contributed by atoms with Gasteiger partial charge in [-0.15, -0.1) is 0 Å². The first-order valence-corrected chi connectivity index (χ1v) is 8.12. The van der Waals surface area contributed by atoms with Crippen molar-refractivity contribution in [2.45, 2.75) is 18.9 Å². The Kier molecular flexibility index (Phi) is 4.82. The second-order valence-corrected chi connectivity index (χ2v) is 6.22. The Hall–Kier alpha value is -2.06. The van der Waals surface area contributed by atoms with Crippen LogP contribution in [0.5, 0.6) is 0 Å². The minimum atomic E-state index is -0.483. The summed E-state index contributed by atoms with van der Waals surface area (Å²) in [4.78, 5) is 37.2. The standard InChI is InChI=1S/C15H16N2O5S/c18-13(16-8-11-4-2-6-22-11)9-17-14(19)12(23-15(17)20)7-10-3-1-5-21-10/h1,3,5,7,11H,2,4,6,8-9H2,(H,16,18)/b12-7-/t11-/m1/s1. The first-order valence-electron chi connectivity index (χ1n) is 7.30. The Balaban J connectivity index is 1.56. The van der Waals surface area contributed by atoms with Gasteiger partial charge >= 0.3 is 0 Å². The molecule has 2 saturated heterocycles. The first kappa shape index (κ1) is 15.8. The fourth-order valence-electron chi connectivity index (χ4n) is 2.37. The van der Waals surface area contributed by atoms with Crippen LogP contribution in [0.1, 0.15) is 18.6 Å². The molecule has 7 nitrogen and oxygen atoms in total. The fourth-order valence-corrected chi connectivity index (χ4v) is 3.19. The topological polar surface area (TPSA) is 88.9 Å². The van der Waals surface area contributed by atoms with E-state index in [1.807, 2.05) is 0 Å². The predicted octanol–water partition coefficient (Wildman–Crippen LogP) is 1.61. The third-order valence-corrected chi connectivity index (χ3v) is 4.45. The van der Waals surface area contributed by atoms with Crippen LogP contribution >= 0.6 is 11.8 Å². The van der Waals surface area contributed by atoms with Crippen LogP contribution in [-0.4, -0.2) is 47.8 Å². The number of furan rings is 1. The molecule has 0 spiro atoms. The molecule has 0 radical (unpaired) electrons. The van der Waals surface area contributed by atoms with Crippen LogP contribution in [0, 0.1) is 0 Å². The molecule has 0 aliphatic carbocycles. The molecule has 2 fully saturated rings. The lowest BCUT2D eigenvalue weighted by molar-refractivity contribution is -0.129. The highest BCUT2D eigenvalue weighted by Gasteiger charge is 2.36. The van der Waals surface area contributed by atoms with Crippen molar-refractivity contribution in [2.75, 3.05) is 19.7 Å². The molecule has 1 aromatic heterocycles. The van der Waals surface area contributed by atoms with Crippen LogP contribution in [0.4, 0.5) is 4.79 Å². The summed E-state index contributed by atoms with van der Waals surface area (Å²) in [7, 11) is 0. The summed E-state index contributed by atoms with van der Waals surface area (Å²) in [5, 5.41) is 2.24. The van der Waals surface area contributed by atoms with Crippen LogP contribution in [0.15, 0.2) is 27.7 Å². The van der Waals surface area contributed by atoms with Crippen LogP contribution in [0.3, 0.4) is 0 Å². The SMILES string of the molecule is O=C(CN1C(=O)S/C(=C\c2ccco2)C1=O)NC[C@H]1CCCO1. The number of nitrogens with zero attached hydrogens (tertiary/aromatic N) is 1. The number of rotatable bonds is 5. The highest BCUT2D eigenvalue weighted by atomic mass is 32.2. The van der Waals surface area contributed by atoms with Crippen LogP contribution in [-0.2, 0) is 14.3 Å². The molecule has 0 unspecified atom stereocenters. The second-order valence-electron chi connectivity index (χ2n) is 5.22. The zero-order valence-electron chi connectivity index (χ0n) is 12.3. The smallest absolute Gasteiger partial charge is 0.294 e. The number of carbonyl (C=O) groups excluding carboxylic acids is 3. The number of thioether (sulfide) groups is 1. The maximum Gasteiger partial charge on any atom is 0.294 e. The van der Waals surface area contributed by atoms with Gasteiger partial charge in [-0.05, 0) is 36.7 Å². The fraction of sp³-hybridized carbons (Fsp3) is 0.400. The average Bonchev–Trinajstić information content (AvgIpc) is 3.25. The van der Waals surface area contributed by atoms with Gasteiger partial charge in [-0.25, -0.2) is 0 Å². The Morgan fingerprint density at radius 3 is 3.04 bits per heavy atom. The van der Waals surface area contributed by atoms with E-state index >= 15 is 0 Å². The van der Waals surface area contributed by atoms with E-state index in [0.29, 0.717) is 18.9 Å². The van der Waals surface area contributed by atoms with Gasteiger partial charge in [0.1, 0.15) is 12.3 Å². The molecule has 0 saturated carbocycles. The molecule has 1 atom stereocenters. The molecule has 2 aliphatic rings. The Morgan fingerprint density at radius 1 is 1.48 bits per heavy atom. The normalized spacial score (nSPS) is 23.0. The van der Waals surface area contributed by atoms with E-state index in [1.54, 1.807) is 12.1 Å². The molecule has 3 heterocycles. The van der Waals surface area contributed by atoms with E-state index in [-0.39, 0.29) is 23.5 Å². The molecule has 2 aliphatic heterocycles. The van der Waals surface area contributed by atoms with Crippen molar-refractivity contribution < 1.29 is 23.5 Å². The summed E-state index contributed by atoms with van der Waals surface area (Å²) >= 11 is 0.799. The van der Waals surface area contributed by atoms with Gasteiger partial charge in [0, 0.05) is 19.2 Å². The lowest BCUT2D eigenvalue weighted by Crippen LogP contribution is -2.41. The third kappa shape index (κ3) is 3.83. The maximum absolute atomic E-state index is 12.2. The molecule has 3 amide bonds. The molecular weight excluding hydrogens is 320 g/mol. The van der Waals surface area contributed by atoms with Gasteiger partial charge in [0.15, 0.2) is 0 Å². The monoisotopic (exact) mass is 336 g/mol. The molecule has 0 bridgehead atoms. The molecule has 1 aromatic rings. The van der Waals surface area contributed by atoms with Crippen molar-refractivity contribution in [1.82, 2.24) is 10.2 Å².